The number of nitrogens with two attached hydrogens (primary N) is 1. The normalized spacial score (nSPS) is 15.7. The topological polar surface area (TPSA) is 49.6 Å². The summed E-state index contributed by atoms with van der Waals surface area (Å²) in [4.78, 5) is 17.3. The van der Waals surface area contributed by atoms with E-state index in [-0.39, 0.29) is 11.6 Å². The quantitative estimate of drug-likeness (QED) is 0.698. The largest absolute Gasteiger partial charge is 0.399 e. The van der Waals surface area contributed by atoms with E-state index in [4.69, 9.17) is 5.73 Å². The number of piperazine rings is 1. The van der Waals surface area contributed by atoms with E-state index in [1.165, 1.54) is 24.3 Å². The first-order chi connectivity index (χ1) is 11.0. The molecule has 4 nitrogen and oxygen atoms in total. The molecule has 0 aromatic heterocycles. The monoisotopic (exact) mass is 313 g/mol. The molecule has 0 aliphatic carbocycles. The van der Waals surface area contributed by atoms with Crippen molar-refractivity contribution in [3.05, 3.63) is 59.4 Å². The van der Waals surface area contributed by atoms with Gasteiger partial charge in [0.15, 0.2) is 5.78 Å². The zero-order valence-electron chi connectivity index (χ0n) is 13.1. The van der Waals surface area contributed by atoms with E-state index in [0.29, 0.717) is 16.8 Å². The van der Waals surface area contributed by atoms with Crippen molar-refractivity contribution in [2.24, 2.45) is 0 Å². The van der Waals surface area contributed by atoms with Crippen LogP contribution in [-0.2, 0) is 0 Å². The smallest absolute Gasteiger partial charge is 0.195 e. The van der Waals surface area contributed by atoms with Gasteiger partial charge < -0.3 is 15.5 Å². The Morgan fingerprint density at radius 1 is 1.04 bits per heavy atom. The van der Waals surface area contributed by atoms with Gasteiger partial charge in [-0.3, -0.25) is 4.79 Å². The van der Waals surface area contributed by atoms with Crippen LogP contribution in [0.2, 0.25) is 0 Å². The lowest BCUT2D eigenvalue weighted by atomic mass is 10.00. The minimum absolute atomic E-state index is 0.133. The van der Waals surface area contributed by atoms with Gasteiger partial charge in [-0.05, 0) is 49.5 Å². The summed E-state index contributed by atoms with van der Waals surface area (Å²) in [7, 11) is 2.09. The van der Waals surface area contributed by atoms with Crippen LogP contribution in [0.25, 0.3) is 0 Å². The standard InChI is InChI=1S/C18H20FN3O/c1-21-8-10-22(11-9-21)17-7-6-15(20)12-16(17)18(23)13-2-4-14(19)5-3-13/h2-7,12H,8-11,20H2,1H3. The molecule has 1 saturated heterocycles. The summed E-state index contributed by atoms with van der Waals surface area (Å²) >= 11 is 0. The number of nitrogen functional groups attached to an aromatic ring is 1. The van der Waals surface area contributed by atoms with E-state index >= 15 is 0 Å². The third-order valence-electron chi connectivity index (χ3n) is 4.22. The number of carbonyl (C=O) groups excluding carboxylic acids is 1. The molecule has 0 saturated carbocycles. The average molecular weight is 313 g/mol. The first kappa shape index (κ1) is 15.5. The molecule has 2 aromatic carbocycles. The zero-order valence-corrected chi connectivity index (χ0v) is 13.1. The Balaban J connectivity index is 1.95. The van der Waals surface area contributed by atoms with Crippen molar-refractivity contribution < 1.29 is 9.18 Å². The molecule has 0 atom stereocenters. The predicted molar refractivity (Wildman–Crippen MR) is 90.4 cm³/mol. The maximum Gasteiger partial charge on any atom is 0.195 e. The summed E-state index contributed by atoms with van der Waals surface area (Å²) in [5.41, 5.74) is 8.36. The van der Waals surface area contributed by atoms with Gasteiger partial charge in [0.25, 0.3) is 0 Å². The van der Waals surface area contributed by atoms with Crippen molar-refractivity contribution in [2.75, 3.05) is 43.9 Å². The van der Waals surface area contributed by atoms with Crippen molar-refractivity contribution in [1.82, 2.24) is 4.90 Å². The number of hydrogen-bond donors (Lipinski definition) is 1. The molecule has 2 N–H and O–H groups in total. The molecule has 0 spiro atoms. The number of halogens is 1. The minimum atomic E-state index is -0.353. The molecule has 5 heteroatoms. The van der Waals surface area contributed by atoms with Crippen LogP contribution in [0.4, 0.5) is 15.8 Å². The van der Waals surface area contributed by atoms with Crippen molar-refractivity contribution in [3.8, 4) is 0 Å². The van der Waals surface area contributed by atoms with E-state index in [1.807, 2.05) is 12.1 Å². The summed E-state index contributed by atoms with van der Waals surface area (Å²) in [5.74, 6) is -0.486. The lowest BCUT2D eigenvalue weighted by Gasteiger charge is -2.35. The van der Waals surface area contributed by atoms with E-state index in [1.54, 1.807) is 6.07 Å². The van der Waals surface area contributed by atoms with Gasteiger partial charge in [0.1, 0.15) is 5.82 Å². The zero-order chi connectivity index (χ0) is 16.4. The molecule has 3 rings (SSSR count). The molecule has 0 bridgehead atoms. The van der Waals surface area contributed by atoms with Gasteiger partial charge in [0.2, 0.25) is 0 Å². The molecule has 0 amide bonds. The molecule has 23 heavy (non-hydrogen) atoms. The molecule has 0 unspecified atom stereocenters. The highest BCUT2D eigenvalue weighted by Crippen LogP contribution is 2.27. The van der Waals surface area contributed by atoms with Gasteiger partial charge in [-0.25, -0.2) is 4.39 Å². The Hall–Kier alpha value is -2.40. The van der Waals surface area contributed by atoms with Crippen molar-refractivity contribution in [3.63, 3.8) is 0 Å². The highest BCUT2D eigenvalue weighted by molar-refractivity contribution is 6.12. The van der Waals surface area contributed by atoms with Crippen LogP contribution in [0.3, 0.4) is 0 Å². The van der Waals surface area contributed by atoms with Crippen LogP contribution in [0.15, 0.2) is 42.5 Å². The number of anilines is 2. The fourth-order valence-corrected chi connectivity index (χ4v) is 2.82. The summed E-state index contributed by atoms with van der Waals surface area (Å²) in [6.07, 6.45) is 0. The van der Waals surface area contributed by atoms with E-state index in [2.05, 4.69) is 16.8 Å². The highest BCUT2D eigenvalue weighted by Gasteiger charge is 2.21. The second-order valence-electron chi connectivity index (χ2n) is 5.90. The van der Waals surface area contributed by atoms with Crippen LogP contribution in [0, 0.1) is 5.82 Å². The second kappa shape index (κ2) is 6.38. The summed E-state index contributed by atoms with van der Waals surface area (Å²) in [6, 6.07) is 11.0. The molecular weight excluding hydrogens is 293 g/mol. The Morgan fingerprint density at radius 2 is 1.70 bits per heavy atom. The van der Waals surface area contributed by atoms with Gasteiger partial charge >= 0.3 is 0 Å². The molecular formula is C18H20FN3O. The van der Waals surface area contributed by atoms with E-state index in [9.17, 15) is 9.18 Å². The molecule has 1 fully saturated rings. The van der Waals surface area contributed by atoms with Crippen LogP contribution >= 0.6 is 0 Å². The number of likely N-dealkylation sites (N-methyl/N-ethyl adjacent to an activating group) is 1. The van der Waals surface area contributed by atoms with Crippen LogP contribution in [0.5, 0.6) is 0 Å². The third-order valence-corrected chi connectivity index (χ3v) is 4.22. The van der Waals surface area contributed by atoms with E-state index in [0.717, 1.165) is 31.9 Å². The summed E-state index contributed by atoms with van der Waals surface area (Å²) < 4.78 is 13.1. The summed E-state index contributed by atoms with van der Waals surface area (Å²) in [5, 5.41) is 0. The van der Waals surface area contributed by atoms with Gasteiger partial charge in [-0.15, -0.1) is 0 Å². The van der Waals surface area contributed by atoms with Gasteiger partial charge in [0.05, 0.1) is 0 Å². The van der Waals surface area contributed by atoms with Crippen LogP contribution in [-0.4, -0.2) is 43.9 Å². The third kappa shape index (κ3) is 3.35. The van der Waals surface area contributed by atoms with Crippen molar-refractivity contribution >= 4 is 17.2 Å². The highest BCUT2D eigenvalue weighted by atomic mass is 19.1. The molecule has 1 aliphatic heterocycles. The van der Waals surface area contributed by atoms with E-state index < -0.39 is 0 Å². The Morgan fingerprint density at radius 3 is 2.35 bits per heavy atom. The maximum absolute atomic E-state index is 13.1. The second-order valence-corrected chi connectivity index (χ2v) is 5.90. The molecule has 120 valence electrons. The predicted octanol–water partition coefficient (Wildman–Crippen LogP) is 2.39. The fraction of sp³-hybridized carbons (Fsp3) is 0.278. The Kier molecular flexibility index (Phi) is 4.30. The molecule has 1 aliphatic rings. The maximum atomic E-state index is 13.1. The number of nitrogens with zero attached hydrogens (tertiary/aromatic N) is 2. The van der Waals surface area contributed by atoms with Gasteiger partial charge in [-0.2, -0.15) is 0 Å². The van der Waals surface area contributed by atoms with Gasteiger partial charge in [-0.1, -0.05) is 0 Å². The number of hydrogen-bond acceptors (Lipinski definition) is 4. The summed E-state index contributed by atoms with van der Waals surface area (Å²) in [6.45, 7) is 3.64. The lowest BCUT2D eigenvalue weighted by Crippen LogP contribution is -2.45. The first-order valence-corrected chi connectivity index (χ1v) is 7.68. The SMILES string of the molecule is CN1CCN(c2ccc(N)cc2C(=O)c2ccc(F)cc2)CC1. The van der Waals surface area contributed by atoms with Gasteiger partial charge in [0, 0.05) is 48.7 Å². The first-order valence-electron chi connectivity index (χ1n) is 7.68. The number of rotatable bonds is 3. The number of carbonyl (C=O) groups is 1. The Labute approximate surface area is 135 Å². The van der Waals surface area contributed by atoms with Crippen molar-refractivity contribution in [2.45, 2.75) is 0 Å². The number of ketones is 1. The van der Waals surface area contributed by atoms with Crippen molar-refractivity contribution in [1.29, 1.82) is 0 Å². The molecule has 0 radical (unpaired) electrons. The van der Waals surface area contributed by atoms with Crippen LogP contribution in [0.1, 0.15) is 15.9 Å². The van der Waals surface area contributed by atoms with Crippen LogP contribution < -0.4 is 10.6 Å². The molecule has 1 heterocycles. The average Bonchev–Trinajstić information content (AvgIpc) is 2.56. The fourth-order valence-electron chi connectivity index (χ4n) is 2.82. The Bertz CT molecular complexity index is 707. The lowest BCUT2D eigenvalue weighted by molar-refractivity contribution is 0.103. The minimum Gasteiger partial charge on any atom is -0.399 e. The molecule has 2 aromatic rings. The number of benzene rings is 2.